The van der Waals surface area contributed by atoms with Crippen molar-refractivity contribution in [2.75, 3.05) is 38.7 Å². The summed E-state index contributed by atoms with van der Waals surface area (Å²) in [6.45, 7) is 1.80. The van der Waals surface area contributed by atoms with E-state index < -0.39 is 182 Å². The summed E-state index contributed by atoms with van der Waals surface area (Å²) < 4.78 is 5.26. The summed E-state index contributed by atoms with van der Waals surface area (Å²) in [6, 6.07) is -15.3. The number of carboxylic acid groups (broad SMARTS) is 1. The molecule has 82 heavy (non-hydrogen) atoms. The van der Waals surface area contributed by atoms with E-state index in [4.69, 9.17) is 33.5 Å². The monoisotopic (exact) mass is 1190 g/mol. The second-order valence-electron chi connectivity index (χ2n) is 19.6. The molecule has 468 valence electrons. The average molecular weight is 1200 g/mol. The van der Waals surface area contributed by atoms with Crippen molar-refractivity contribution in [1.29, 1.82) is 0 Å². The molecule has 0 bridgehead atoms. The molecule has 0 aromatic rings. The van der Waals surface area contributed by atoms with Crippen molar-refractivity contribution < 1.29 is 93.2 Å². The zero-order valence-corrected chi connectivity index (χ0v) is 47.3. The fourth-order valence-electron chi connectivity index (χ4n) is 8.07. The number of carboxylic acids is 1. The fraction of sp³-hybridized carbons (Fsp3) is 0.740. The first-order valence-electron chi connectivity index (χ1n) is 27.3. The molecule has 0 saturated carbocycles. The molecule has 0 aromatic carbocycles. The average Bonchev–Trinajstić information content (AvgIpc) is 3.44. The van der Waals surface area contributed by atoms with Gasteiger partial charge in [-0.25, -0.2) is 9.59 Å². The minimum atomic E-state index is -2.83. The van der Waals surface area contributed by atoms with Crippen molar-refractivity contribution in [1.82, 2.24) is 47.9 Å². The molecule has 9 amide bonds. The fourth-order valence-corrected chi connectivity index (χ4v) is 8.25. The number of hydrogen-bond donors (Lipinski definition) is 19. The van der Waals surface area contributed by atoms with Crippen LogP contribution in [0.4, 0.5) is 0 Å². The Balaban J connectivity index is 3.97. The number of esters is 1. The Bertz CT molecular complexity index is 2130. The Morgan fingerprint density at radius 1 is 0.634 bits per heavy atom. The molecular weight excluding hydrogens is 1110 g/mol. The zero-order valence-electron chi connectivity index (χ0n) is 46.6. The van der Waals surface area contributed by atoms with Gasteiger partial charge in [-0.05, 0) is 72.0 Å². The molecule has 22 N–H and O–H groups in total. The van der Waals surface area contributed by atoms with E-state index in [1.807, 2.05) is 10.6 Å². The minimum absolute atomic E-state index is 0.0276. The number of hydrogen-bond acceptors (Lipinski definition) is 21. The van der Waals surface area contributed by atoms with Crippen LogP contribution in [-0.4, -0.2) is 218 Å². The number of allylic oxidation sites excluding steroid dienone is 1. The standard InChI is InChI=1S/C50H87ClN12O19/c1-4-6-7-8-9-10-11-12-15-33(66)34(67)23-36(69)55-32-25-82-50(81)38(35(68)24-51)62-48(78)39(40(70)49(79)80)63-41(71)27(5-2)56-47(77)37(26(3)65)61-45(75)28(14-13-19-52)57-44(74)31(18-22-64)60-43(73)29(16-20-53)58-42(72)30(17-21-54)59-46(32)76/h5,26,28-35,37-40,64-68,70H,4,6-25,52-54H2,1-3H3,(H,55,69)(H,56,77)(H,57,74)(H,58,72)(H,59,76)(H,60,73)(H,61,75)(H,62,78)(H,63,71)(H,79,80)/b27-5-/t26-,28+,29+,30-,31-,32+,33-,34+,35+,37+,38+,39+,40+/m0/s1. The maximum absolute atomic E-state index is 14.1. The molecule has 0 spiro atoms. The lowest BCUT2D eigenvalue weighted by Crippen LogP contribution is -2.62. The smallest absolute Gasteiger partial charge is 0.335 e. The molecule has 0 aromatic heterocycles. The lowest BCUT2D eigenvalue weighted by atomic mass is 10.0. The first-order chi connectivity index (χ1) is 38.8. The predicted molar refractivity (Wildman–Crippen MR) is 292 cm³/mol. The summed E-state index contributed by atoms with van der Waals surface area (Å²) >= 11 is 5.85. The topological polar surface area (TPSA) is 525 Å². The van der Waals surface area contributed by atoms with E-state index in [1.165, 1.54) is 6.92 Å². The molecule has 13 atom stereocenters. The van der Waals surface area contributed by atoms with Crippen LogP contribution in [-0.2, 0) is 57.5 Å². The molecule has 0 aliphatic carbocycles. The SMILES string of the molecule is C/C=C1\NC(=O)[C@@H]([C@H](C)O)NC(=O)[C@@H](CCCN)NC(=O)[C@H](CCO)NC(=O)[C@@H](CCN)NC(=O)[C@H](CCN)NC(=O)[C@H](NC(=O)C[C@@H](O)[C@@H](O)CCCCCCCCCC)COC(=O)[C@@H]([C@H](O)CCl)NC(=O)[C@@H]([C@@H](O)C(=O)O)NC1=O. The summed E-state index contributed by atoms with van der Waals surface area (Å²) in [5.41, 5.74) is 16.5. The van der Waals surface area contributed by atoms with Gasteiger partial charge in [0.15, 0.2) is 12.1 Å². The van der Waals surface area contributed by atoms with Gasteiger partial charge in [-0.2, -0.15) is 0 Å². The van der Waals surface area contributed by atoms with Gasteiger partial charge in [-0.1, -0.05) is 64.4 Å². The third-order valence-electron chi connectivity index (χ3n) is 12.9. The van der Waals surface area contributed by atoms with E-state index >= 15 is 0 Å². The number of nitrogens with two attached hydrogens (primary N) is 3. The molecular formula is C50H87ClN12O19. The van der Waals surface area contributed by atoms with Gasteiger partial charge >= 0.3 is 11.9 Å². The number of unbranched alkanes of at least 4 members (excludes halogenated alkanes) is 7. The Morgan fingerprint density at radius 3 is 1.62 bits per heavy atom. The number of carbonyl (C=O) groups excluding carboxylic acids is 10. The van der Waals surface area contributed by atoms with Crippen LogP contribution in [0.2, 0.25) is 0 Å². The van der Waals surface area contributed by atoms with Crippen molar-refractivity contribution in [3.8, 4) is 0 Å². The Labute approximate surface area is 480 Å². The lowest BCUT2D eigenvalue weighted by molar-refractivity contribution is -0.155. The number of aliphatic hydroxyl groups is 6. The van der Waals surface area contributed by atoms with Gasteiger partial charge in [0, 0.05) is 6.61 Å². The number of cyclic esters (lactones) is 1. The summed E-state index contributed by atoms with van der Waals surface area (Å²) in [7, 11) is 0. The maximum Gasteiger partial charge on any atom is 0.335 e. The number of carbonyl (C=O) groups is 11. The van der Waals surface area contributed by atoms with Gasteiger partial charge in [0.25, 0.3) is 5.91 Å². The molecule has 31 nitrogen and oxygen atoms in total. The first-order valence-corrected chi connectivity index (χ1v) is 27.9. The summed E-state index contributed by atoms with van der Waals surface area (Å²) in [4.78, 5) is 150. The van der Waals surface area contributed by atoms with Crippen LogP contribution >= 0.6 is 11.6 Å². The highest BCUT2D eigenvalue weighted by Crippen LogP contribution is 2.14. The molecule has 0 radical (unpaired) electrons. The van der Waals surface area contributed by atoms with Gasteiger partial charge in [-0.15, -0.1) is 11.6 Å². The van der Waals surface area contributed by atoms with E-state index in [2.05, 4.69) is 44.1 Å². The minimum Gasteiger partial charge on any atom is -0.479 e. The predicted octanol–water partition coefficient (Wildman–Crippen LogP) is -6.67. The number of alkyl halides is 1. The van der Waals surface area contributed by atoms with E-state index in [9.17, 15) is 88.5 Å². The van der Waals surface area contributed by atoms with Gasteiger partial charge < -0.3 is 106 Å². The van der Waals surface area contributed by atoms with Crippen molar-refractivity contribution in [2.45, 2.75) is 196 Å². The second kappa shape index (κ2) is 40.1. The number of nitrogens with one attached hydrogen (secondary N) is 9. The molecule has 1 rings (SSSR count). The molecule has 1 heterocycles. The molecule has 1 aliphatic heterocycles. The van der Waals surface area contributed by atoms with Gasteiger partial charge in [0.05, 0.1) is 36.7 Å². The molecule has 1 saturated heterocycles. The number of halogens is 1. The van der Waals surface area contributed by atoms with Crippen LogP contribution in [0.3, 0.4) is 0 Å². The highest BCUT2D eigenvalue weighted by Gasteiger charge is 2.41. The van der Waals surface area contributed by atoms with Gasteiger partial charge in [0.1, 0.15) is 54.6 Å². The Kier molecular flexibility index (Phi) is 36.1. The quantitative estimate of drug-likeness (QED) is 0.0157. The van der Waals surface area contributed by atoms with Crippen LogP contribution in [0.1, 0.15) is 117 Å². The molecule has 0 unspecified atom stereocenters. The molecule has 1 aliphatic rings. The lowest BCUT2D eigenvalue weighted by Gasteiger charge is -2.29. The zero-order chi connectivity index (χ0) is 62.1. The summed E-state index contributed by atoms with van der Waals surface area (Å²) in [5, 5.41) is 93.1. The number of amides is 9. The summed E-state index contributed by atoms with van der Waals surface area (Å²) in [5.74, 6) is -15.9. The van der Waals surface area contributed by atoms with Crippen LogP contribution in [0.25, 0.3) is 0 Å². The highest BCUT2D eigenvalue weighted by molar-refractivity contribution is 6.18. The molecule has 1 fully saturated rings. The van der Waals surface area contributed by atoms with Crippen LogP contribution < -0.4 is 65.1 Å². The van der Waals surface area contributed by atoms with Crippen molar-refractivity contribution in [3.05, 3.63) is 11.8 Å². The maximum atomic E-state index is 14.1. The second-order valence-corrected chi connectivity index (χ2v) is 19.9. The Morgan fingerprint density at radius 2 is 1.13 bits per heavy atom. The van der Waals surface area contributed by atoms with E-state index in [1.54, 1.807) is 0 Å². The van der Waals surface area contributed by atoms with E-state index in [-0.39, 0.29) is 51.7 Å². The van der Waals surface area contributed by atoms with Crippen molar-refractivity contribution in [2.24, 2.45) is 17.2 Å². The van der Waals surface area contributed by atoms with Crippen LogP contribution in [0.5, 0.6) is 0 Å². The highest BCUT2D eigenvalue weighted by atomic mass is 35.5. The Hall–Kier alpha value is -6.16. The normalized spacial score (nSPS) is 25.1. The first kappa shape index (κ1) is 73.9. The third kappa shape index (κ3) is 26.4. The number of aliphatic hydroxyl groups excluding tert-OH is 6. The molecule has 32 heteroatoms. The van der Waals surface area contributed by atoms with Crippen molar-refractivity contribution >= 4 is 76.7 Å². The van der Waals surface area contributed by atoms with Crippen molar-refractivity contribution in [3.63, 3.8) is 0 Å². The third-order valence-corrected chi connectivity index (χ3v) is 13.2. The van der Waals surface area contributed by atoms with Gasteiger partial charge in [0.2, 0.25) is 47.3 Å². The number of rotatable bonds is 27. The largest absolute Gasteiger partial charge is 0.479 e. The van der Waals surface area contributed by atoms with Crippen LogP contribution in [0, 0.1) is 0 Å². The van der Waals surface area contributed by atoms with E-state index in [0.717, 1.165) is 57.9 Å². The number of ether oxygens (including phenoxy) is 1. The van der Waals surface area contributed by atoms with Crippen LogP contribution in [0.15, 0.2) is 11.8 Å². The van der Waals surface area contributed by atoms with E-state index in [0.29, 0.717) is 6.42 Å². The van der Waals surface area contributed by atoms with Gasteiger partial charge in [-0.3, -0.25) is 43.2 Å². The number of aliphatic carboxylic acids is 1. The summed E-state index contributed by atoms with van der Waals surface area (Å²) in [6.07, 6.45) is -3.41.